The highest BCUT2D eigenvalue weighted by molar-refractivity contribution is 7.10. The minimum atomic E-state index is -0.343. The molecule has 29 heavy (non-hydrogen) atoms. The minimum Gasteiger partial charge on any atom is -0.333 e. The molecule has 2 aromatic rings. The summed E-state index contributed by atoms with van der Waals surface area (Å²) in [5.41, 5.74) is 1.93. The van der Waals surface area contributed by atoms with Crippen molar-refractivity contribution in [3.63, 3.8) is 0 Å². The maximum Gasteiger partial charge on any atom is 0.318 e. The number of benzene rings is 1. The molecule has 1 N–H and O–H groups in total. The molecule has 0 bridgehead atoms. The van der Waals surface area contributed by atoms with E-state index in [1.54, 1.807) is 16.2 Å². The second-order valence-corrected chi connectivity index (χ2v) is 9.36. The van der Waals surface area contributed by atoms with Crippen LogP contribution in [0.3, 0.4) is 0 Å². The van der Waals surface area contributed by atoms with Gasteiger partial charge in [0.2, 0.25) is 5.91 Å². The lowest BCUT2D eigenvalue weighted by atomic mass is 10.1. The van der Waals surface area contributed by atoms with Crippen molar-refractivity contribution in [3.8, 4) is 0 Å². The highest BCUT2D eigenvalue weighted by Crippen LogP contribution is 2.19. The van der Waals surface area contributed by atoms with Crippen LogP contribution in [0.5, 0.6) is 0 Å². The van der Waals surface area contributed by atoms with Crippen LogP contribution >= 0.6 is 11.3 Å². The van der Waals surface area contributed by atoms with Crippen LogP contribution in [-0.2, 0) is 17.9 Å². The van der Waals surface area contributed by atoms with Gasteiger partial charge in [0.05, 0.1) is 6.54 Å². The monoisotopic (exact) mass is 415 g/mol. The number of nitrogens with zero attached hydrogens (tertiary/aromatic N) is 2. The summed E-state index contributed by atoms with van der Waals surface area (Å²) in [5, 5.41) is 5.02. The Bertz CT molecular complexity index is 796. The Labute approximate surface area is 178 Å². The molecular weight excluding hydrogens is 382 g/mol. The van der Waals surface area contributed by atoms with E-state index in [1.807, 2.05) is 62.9 Å². The van der Waals surface area contributed by atoms with Gasteiger partial charge in [-0.05, 0) is 56.7 Å². The van der Waals surface area contributed by atoms with Crippen molar-refractivity contribution in [1.82, 2.24) is 15.1 Å². The third kappa shape index (κ3) is 7.54. The van der Waals surface area contributed by atoms with Crippen LogP contribution in [-0.4, -0.2) is 40.4 Å². The van der Waals surface area contributed by atoms with E-state index in [1.165, 1.54) is 10.4 Å². The zero-order valence-electron chi connectivity index (χ0n) is 18.2. The topological polar surface area (TPSA) is 52.7 Å². The summed E-state index contributed by atoms with van der Waals surface area (Å²) in [6, 6.07) is 11.9. The van der Waals surface area contributed by atoms with Crippen molar-refractivity contribution in [3.05, 3.63) is 57.8 Å². The molecule has 6 heteroatoms. The summed E-state index contributed by atoms with van der Waals surface area (Å²) in [6.45, 7) is 11.6. The first-order valence-corrected chi connectivity index (χ1v) is 11.0. The normalized spacial score (nSPS) is 11.2. The molecule has 1 aromatic carbocycles. The van der Waals surface area contributed by atoms with Crippen LogP contribution in [0.1, 0.15) is 50.1 Å². The van der Waals surface area contributed by atoms with Gasteiger partial charge in [-0.1, -0.05) is 37.3 Å². The van der Waals surface area contributed by atoms with Crippen LogP contribution in [0.2, 0.25) is 0 Å². The van der Waals surface area contributed by atoms with Gasteiger partial charge >= 0.3 is 6.03 Å². The Morgan fingerprint density at radius 2 is 1.72 bits per heavy atom. The number of hydrogen-bond acceptors (Lipinski definition) is 3. The molecule has 0 radical (unpaired) electrons. The van der Waals surface area contributed by atoms with E-state index in [2.05, 4.69) is 23.7 Å². The number of thiophene rings is 1. The summed E-state index contributed by atoms with van der Waals surface area (Å²) in [4.78, 5) is 30.6. The maximum absolute atomic E-state index is 13.2. The number of nitrogens with one attached hydrogen (secondary N) is 1. The fourth-order valence-electron chi connectivity index (χ4n) is 2.96. The Kier molecular flexibility index (Phi) is 8.26. The molecule has 0 spiro atoms. The van der Waals surface area contributed by atoms with Gasteiger partial charge in [-0.2, -0.15) is 0 Å². The van der Waals surface area contributed by atoms with E-state index < -0.39 is 0 Å². The van der Waals surface area contributed by atoms with E-state index >= 15 is 0 Å². The number of aryl methyl sites for hydroxylation is 1. The van der Waals surface area contributed by atoms with E-state index in [-0.39, 0.29) is 24.0 Å². The van der Waals surface area contributed by atoms with Crippen molar-refractivity contribution < 1.29 is 9.59 Å². The average molecular weight is 416 g/mol. The van der Waals surface area contributed by atoms with Gasteiger partial charge in [-0.3, -0.25) is 4.79 Å². The van der Waals surface area contributed by atoms with Gasteiger partial charge in [0.15, 0.2) is 0 Å². The zero-order valence-corrected chi connectivity index (χ0v) is 19.0. The third-order valence-corrected chi connectivity index (χ3v) is 5.47. The largest absolute Gasteiger partial charge is 0.333 e. The van der Waals surface area contributed by atoms with Gasteiger partial charge in [0.1, 0.15) is 6.54 Å². The molecule has 1 heterocycles. The maximum atomic E-state index is 13.2. The average Bonchev–Trinajstić information content (AvgIpc) is 3.05. The molecule has 0 fully saturated rings. The molecule has 1 aromatic heterocycles. The quantitative estimate of drug-likeness (QED) is 0.673. The molecule has 0 aliphatic carbocycles. The summed E-state index contributed by atoms with van der Waals surface area (Å²) in [6.07, 6.45) is 0.799. The predicted molar refractivity (Wildman–Crippen MR) is 120 cm³/mol. The van der Waals surface area contributed by atoms with Crippen molar-refractivity contribution in [2.24, 2.45) is 0 Å². The SMILES string of the molecule is CCCN(CC(=O)N(Cc1ccccc1)Cc1sccc1C)C(=O)NC(C)(C)C. The van der Waals surface area contributed by atoms with Crippen molar-refractivity contribution >= 4 is 23.3 Å². The van der Waals surface area contributed by atoms with Crippen LogP contribution in [0, 0.1) is 6.92 Å². The Morgan fingerprint density at radius 1 is 1.03 bits per heavy atom. The first kappa shape index (κ1) is 22.9. The number of carbonyl (C=O) groups excluding carboxylic acids is 2. The molecule has 3 amide bonds. The fraction of sp³-hybridized carbons (Fsp3) is 0.478. The molecule has 5 nitrogen and oxygen atoms in total. The lowest BCUT2D eigenvalue weighted by Gasteiger charge is -2.30. The molecule has 158 valence electrons. The van der Waals surface area contributed by atoms with E-state index in [4.69, 9.17) is 0 Å². The predicted octanol–water partition coefficient (Wildman–Crippen LogP) is 4.81. The third-order valence-electron chi connectivity index (χ3n) is 4.46. The Hall–Kier alpha value is -2.34. The zero-order chi connectivity index (χ0) is 21.4. The standard InChI is InChI=1S/C23H33N3O2S/c1-6-13-25(22(28)24-23(3,4)5)17-21(27)26(15-19-10-8-7-9-11-19)16-20-18(2)12-14-29-20/h7-12,14H,6,13,15-17H2,1-5H3,(H,24,28). The van der Waals surface area contributed by atoms with Crippen LogP contribution in [0.25, 0.3) is 0 Å². The number of urea groups is 1. The van der Waals surface area contributed by atoms with Gasteiger partial charge in [0, 0.05) is 23.5 Å². The van der Waals surface area contributed by atoms with Crippen LogP contribution < -0.4 is 5.32 Å². The molecule has 2 rings (SSSR count). The number of rotatable bonds is 8. The lowest BCUT2D eigenvalue weighted by Crippen LogP contribution is -2.51. The molecule has 0 saturated carbocycles. The fourth-order valence-corrected chi connectivity index (χ4v) is 3.88. The lowest BCUT2D eigenvalue weighted by molar-refractivity contribution is -0.133. The van der Waals surface area contributed by atoms with Crippen LogP contribution in [0.4, 0.5) is 4.79 Å². The second-order valence-electron chi connectivity index (χ2n) is 8.36. The highest BCUT2D eigenvalue weighted by atomic mass is 32.1. The van der Waals surface area contributed by atoms with Crippen LogP contribution in [0.15, 0.2) is 41.8 Å². The molecular formula is C23H33N3O2S. The van der Waals surface area contributed by atoms with E-state index in [0.717, 1.165) is 12.0 Å². The summed E-state index contributed by atoms with van der Waals surface area (Å²) >= 11 is 1.66. The summed E-state index contributed by atoms with van der Waals surface area (Å²) in [5.74, 6) is -0.0424. The van der Waals surface area contributed by atoms with Gasteiger partial charge in [-0.15, -0.1) is 11.3 Å². The first-order chi connectivity index (χ1) is 13.7. The Morgan fingerprint density at radius 3 is 2.28 bits per heavy atom. The first-order valence-electron chi connectivity index (χ1n) is 10.1. The molecule has 0 unspecified atom stereocenters. The summed E-state index contributed by atoms with van der Waals surface area (Å²) < 4.78 is 0. The Balaban J connectivity index is 2.17. The number of amides is 3. The molecule has 0 aliphatic heterocycles. The van der Waals surface area contributed by atoms with Crippen molar-refractivity contribution in [1.29, 1.82) is 0 Å². The minimum absolute atomic E-state index is 0.0424. The second kappa shape index (κ2) is 10.4. The molecule has 0 atom stereocenters. The van der Waals surface area contributed by atoms with Gasteiger partial charge in [-0.25, -0.2) is 4.79 Å². The highest BCUT2D eigenvalue weighted by Gasteiger charge is 2.24. The van der Waals surface area contributed by atoms with Gasteiger partial charge < -0.3 is 15.1 Å². The van der Waals surface area contributed by atoms with Crippen molar-refractivity contribution in [2.75, 3.05) is 13.1 Å². The number of carbonyl (C=O) groups is 2. The van der Waals surface area contributed by atoms with E-state index in [9.17, 15) is 9.59 Å². The van der Waals surface area contributed by atoms with Crippen molar-refractivity contribution in [2.45, 2.75) is 59.7 Å². The summed E-state index contributed by atoms with van der Waals surface area (Å²) in [7, 11) is 0. The molecule has 0 aliphatic rings. The van der Waals surface area contributed by atoms with E-state index in [0.29, 0.717) is 19.6 Å². The molecule has 0 saturated heterocycles. The van der Waals surface area contributed by atoms with Gasteiger partial charge in [0.25, 0.3) is 0 Å². The smallest absolute Gasteiger partial charge is 0.318 e. The number of hydrogen-bond donors (Lipinski definition) is 1.